The first-order valence-electron chi connectivity index (χ1n) is 16.0. The summed E-state index contributed by atoms with van der Waals surface area (Å²) in [4.78, 5) is 13.7. The molecule has 0 aliphatic carbocycles. The summed E-state index contributed by atoms with van der Waals surface area (Å²) >= 11 is 0. The molecule has 9 nitrogen and oxygen atoms in total. The standard InChI is InChI=1S/C39H40N3O6P/c1-45-23-24-46-25-26-47-27-28-48-34-20-17-32(18-21-34)41-42-33-19-22-37(39(43)40-30-31-11-5-2-6-12-31)38(29-33)49(44,35-13-7-3-8-14-35)36-15-9-4-10-16-36/h2-22,29H,23-28,30H2,1H3,(H,40,43). The average Bonchev–Trinajstić information content (AvgIpc) is 3.16. The van der Waals surface area contributed by atoms with Crippen LogP contribution in [0.25, 0.3) is 0 Å². The van der Waals surface area contributed by atoms with Gasteiger partial charge in [0.05, 0.1) is 50.0 Å². The van der Waals surface area contributed by atoms with Crippen molar-refractivity contribution in [2.24, 2.45) is 10.2 Å². The van der Waals surface area contributed by atoms with E-state index in [-0.39, 0.29) is 5.91 Å². The number of amides is 1. The second kappa shape index (κ2) is 18.6. The van der Waals surface area contributed by atoms with Crippen LogP contribution in [0.1, 0.15) is 15.9 Å². The van der Waals surface area contributed by atoms with Gasteiger partial charge in [-0.2, -0.15) is 10.2 Å². The molecule has 0 saturated carbocycles. The third-order valence-electron chi connectivity index (χ3n) is 7.52. The number of ether oxygens (including phenoxy) is 4. The Labute approximate surface area is 287 Å². The highest BCUT2D eigenvalue weighted by atomic mass is 31.2. The van der Waals surface area contributed by atoms with Gasteiger partial charge < -0.3 is 28.8 Å². The van der Waals surface area contributed by atoms with Crippen LogP contribution in [0.3, 0.4) is 0 Å². The molecule has 5 aromatic rings. The highest BCUT2D eigenvalue weighted by Crippen LogP contribution is 2.44. The van der Waals surface area contributed by atoms with E-state index in [1.54, 1.807) is 37.4 Å². The number of azo groups is 1. The lowest BCUT2D eigenvalue weighted by molar-refractivity contribution is 0.0180. The minimum atomic E-state index is -3.52. The summed E-state index contributed by atoms with van der Waals surface area (Å²) in [6.45, 7) is 3.26. The van der Waals surface area contributed by atoms with Crippen LogP contribution < -0.4 is 26.0 Å². The maximum absolute atomic E-state index is 15.4. The summed E-state index contributed by atoms with van der Waals surface area (Å²) in [6, 6.07) is 40.5. The number of hydrogen-bond acceptors (Lipinski definition) is 8. The smallest absolute Gasteiger partial charge is 0.252 e. The molecule has 10 heteroatoms. The molecule has 0 radical (unpaired) electrons. The zero-order valence-corrected chi connectivity index (χ0v) is 28.3. The van der Waals surface area contributed by atoms with Gasteiger partial charge in [0.15, 0.2) is 7.14 Å². The first-order chi connectivity index (χ1) is 24.1. The van der Waals surface area contributed by atoms with Crippen molar-refractivity contribution in [2.75, 3.05) is 46.8 Å². The van der Waals surface area contributed by atoms with E-state index in [1.165, 1.54) is 0 Å². The van der Waals surface area contributed by atoms with Crippen LogP contribution in [0, 0.1) is 0 Å². The summed E-state index contributed by atoms with van der Waals surface area (Å²) < 4.78 is 37.0. The quantitative estimate of drug-likeness (QED) is 0.0626. The first kappa shape index (κ1) is 35.4. The molecular formula is C39H40N3O6P. The van der Waals surface area contributed by atoms with Crippen molar-refractivity contribution in [3.63, 3.8) is 0 Å². The molecule has 1 N–H and O–H groups in total. The Morgan fingerprint density at radius 1 is 0.633 bits per heavy atom. The highest BCUT2D eigenvalue weighted by molar-refractivity contribution is 7.85. The highest BCUT2D eigenvalue weighted by Gasteiger charge is 2.34. The van der Waals surface area contributed by atoms with Crippen LogP contribution in [-0.4, -0.2) is 52.7 Å². The second-order valence-corrected chi connectivity index (χ2v) is 13.6. The van der Waals surface area contributed by atoms with E-state index in [1.807, 2.05) is 103 Å². The van der Waals surface area contributed by atoms with Crippen LogP contribution in [0.2, 0.25) is 0 Å². The van der Waals surface area contributed by atoms with Crippen molar-refractivity contribution in [3.05, 3.63) is 145 Å². The van der Waals surface area contributed by atoms with Gasteiger partial charge in [-0.1, -0.05) is 91.0 Å². The van der Waals surface area contributed by atoms with Gasteiger partial charge in [0, 0.05) is 29.6 Å². The molecule has 0 aliphatic heterocycles. The molecule has 5 rings (SSSR count). The zero-order chi connectivity index (χ0) is 34.2. The molecule has 0 fully saturated rings. The number of benzene rings is 5. The van der Waals surface area contributed by atoms with E-state index in [9.17, 15) is 4.79 Å². The number of methoxy groups -OCH3 is 1. The van der Waals surface area contributed by atoms with Crippen LogP contribution >= 0.6 is 7.14 Å². The first-order valence-corrected chi connectivity index (χ1v) is 17.8. The number of carbonyl (C=O) groups excluding carboxylic acids is 1. The summed E-state index contributed by atoms with van der Waals surface area (Å²) in [7, 11) is -1.88. The molecule has 0 heterocycles. The molecule has 0 atom stereocenters. The molecule has 0 unspecified atom stereocenters. The molecule has 49 heavy (non-hydrogen) atoms. The fourth-order valence-electron chi connectivity index (χ4n) is 5.02. The Balaban J connectivity index is 1.35. The van der Waals surface area contributed by atoms with Crippen molar-refractivity contribution in [2.45, 2.75) is 6.54 Å². The second-order valence-electron chi connectivity index (χ2n) is 10.9. The average molecular weight is 678 g/mol. The zero-order valence-electron chi connectivity index (χ0n) is 27.4. The number of rotatable bonds is 18. The van der Waals surface area contributed by atoms with Crippen LogP contribution in [-0.2, 0) is 25.3 Å². The van der Waals surface area contributed by atoms with Crippen molar-refractivity contribution >= 4 is 40.3 Å². The molecular weight excluding hydrogens is 637 g/mol. The number of hydrogen-bond donors (Lipinski definition) is 1. The predicted octanol–water partition coefficient (Wildman–Crippen LogP) is 6.73. The third kappa shape index (κ3) is 10.0. The molecule has 1 amide bonds. The summed E-state index contributed by atoms with van der Waals surface area (Å²) in [6.07, 6.45) is 0. The maximum Gasteiger partial charge on any atom is 0.252 e. The van der Waals surface area contributed by atoms with E-state index in [2.05, 4.69) is 15.5 Å². The summed E-state index contributed by atoms with van der Waals surface area (Å²) in [5.74, 6) is 0.351. The number of carbonyl (C=O) groups is 1. The lowest BCUT2D eigenvalue weighted by Gasteiger charge is -2.23. The van der Waals surface area contributed by atoms with Gasteiger partial charge in [0.2, 0.25) is 0 Å². The van der Waals surface area contributed by atoms with Crippen LogP contribution in [0.4, 0.5) is 11.4 Å². The number of nitrogens with zero attached hydrogens (tertiary/aromatic N) is 2. The maximum atomic E-state index is 15.4. The van der Waals surface area contributed by atoms with Crippen LogP contribution in [0.5, 0.6) is 5.75 Å². The fraction of sp³-hybridized carbons (Fsp3) is 0.205. The van der Waals surface area contributed by atoms with Crippen molar-refractivity contribution in [1.29, 1.82) is 0 Å². The van der Waals surface area contributed by atoms with Crippen molar-refractivity contribution < 1.29 is 28.3 Å². The van der Waals surface area contributed by atoms with E-state index in [0.717, 1.165) is 5.56 Å². The van der Waals surface area contributed by atoms with Crippen molar-refractivity contribution in [3.8, 4) is 5.75 Å². The Hall–Kier alpha value is -4.92. The third-order valence-corrected chi connectivity index (χ3v) is 10.6. The minimum absolute atomic E-state index is 0.315. The fourth-order valence-corrected chi connectivity index (χ4v) is 7.89. The van der Waals surface area contributed by atoms with E-state index in [4.69, 9.17) is 18.9 Å². The lowest BCUT2D eigenvalue weighted by atomic mass is 10.1. The van der Waals surface area contributed by atoms with Gasteiger partial charge in [-0.25, -0.2) is 0 Å². The van der Waals surface area contributed by atoms with Gasteiger partial charge in [-0.15, -0.1) is 0 Å². The van der Waals surface area contributed by atoms with Gasteiger partial charge in [0.1, 0.15) is 12.4 Å². The Morgan fingerprint density at radius 2 is 1.16 bits per heavy atom. The molecule has 0 saturated heterocycles. The summed E-state index contributed by atoms with van der Waals surface area (Å²) in [5.41, 5.74) is 2.35. The molecule has 0 bridgehead atoms. The van der Waals surface area contributed by atoms with E-state index < -0.39 is 7.14 Å². The SMILES string of the molecule is COCCOCCOCCOc1ccc(N=Nc2ccc(C(=O)NCc3ccccc3)c(P(=O)(c3ccccc3)c3ccccc3)c2)cc1. The van der Waals surface area contributed by atoms with Gasteiger partial charge in [-0.3, -0.25) is 4.79 Å². The molecule has 252 valence electrons. The molecule has 5 aromatic carbocycles. The predicted molar refractivity (Wildman–Crippen MR) is 193 cm³/mol. The molecule has 0 aliphatic rings. The Morgan fingerprint density at radius 3 is 1.78 bits per heavy atom. The molecule has 0 aromatic heterocycles. The monoisotopic (exact) mass is 677 g/mol. The van der Waals surface area contributed by atoms with E-state index in [0.29, 0.717) is 84.8 Å². The van der Waals surface area contributed by atoms with Crippen molar-refractivity contribution in [1.82, 2.24) is 5.32 Å². The Bertz CT molecular complexity index is 1780. The van der Waals surface area contributed by atoms with Gasteiger partial charge >= 0.3 is 0 Å². The van der Waals surface area contributed by atoms with E-state index >= 15 is 4.57 Å². The number of nitrogens with one attached hydrogen (secondary N) is 1. The lowest BCUT2D eigenvalue weighted by Crippen LogP contribution is -2.33. The Kier molecular flexibility index (Phi) is 13.4. The molecule has 0 spiro atoms. The topological polar surface area (TPSA) is 108 Å². The van der Waals surface area contributed by atoms with Gasteiger partial charge in [0.25, 0.3) is 5.91 Å². The summed E-state index contributed by atoms with van der Waals surface area (Å²) in [5, 5.41) is 13.5. The normalized spacial score (nSPS) is 11.4. The largest absolute Gasteiger partial charge is 0.491 e. The van der Waals surface area contributed by atoms with Crippen LogP contribution in [0.15, 0.2) is 144 Å². The minimum Gasteiger partial charge on any atom is -0.491 e. The van der Waals surface area contributed by atoms with Gasteiger partial charge in [-0.05, 0) is 48.0 Å².